The molecule has 3 rings (SSSR count). The number of hydrogen-bond donors (Lipinski definition) is 5. The number of anilines is 2. The molecule has 0 amide bonds. The Morgan fingerprint density at radius 3 is 2.61 bits per heavy atom. The molecule has 0 aliphatic carbocycles. The Hall–Kier alpha value is -2.34. The SMILES string of the molecule is Nc1ccccc1-c1cn([C@@H]2O[C@H](COP(=O)(O)O)[C@@H](O)[C@@H]2F)c(=O)nc1N. The molecular formula is C15H18FN4O7P. The molecule has 11 nitrogen and oxygen atoms in total. The van der Waals surface area contributed by atoms with Crippen LogP contribution in [-0.4, -0.2) is 49.4 Å². The second kappa shape index (κ2) is 7.59. The fourth-order valence-electron chi connectivity index (χ4n) is 2.85. The van der Waals surface area contributed by atoms with Gasteiger partial charge in [-0.3, -0.25) is 9.09 Å². The first-order valence-electron chi connectivity index (χ1n) is 7.99. The molecule has 1 aliphatic heterocycles. The summed E-state index contributed by atoms with van der Waals surface area (Å²) < 4.78 is 35.7. The molecular weight excluding hydrogens is 398 g/mol. The quantitative estimate of drug-likeness (QED) is 0.323. The van der Waals surface area contributed by atoms with Gasteiger partial charge < -0.3 is 31.1 Å². The lowest BCUT2D eigenvalue weighted by Crippen LogP contribution is -2.34. The number of phosphoric ester groups is 1. The van der Waals surface area contributed by atoms with Crippen LogP contribution in [0.25, 0.3) is 11.1 Å². The zero-order valence-electron chi connectivity index (χ0n) is 14.3. The third-order valence-corrected chi connectivity index (χ3v) is 4.69. The zero-order chi connectivity index (χ0) is 20.6. The number of aromatic nitrogens is 2. The number of nitrogen functional groups attached to an aromatic ring is 2. The number of hydrogen-bond acceptors (Lipinski definition) is 8. The number of alkyl halides is 1. The second-order valence-corrected chi connectivity index (χ2v) is 7.34. The van der Waals surface area contributed by atoms with E-state index in [4.69, 9.17) is 26.0 Å². The molecule has 1 fully saturated rings. The van der Waals surface area contributed by atoms with E-state index in [0.29, 0.717) is 11.3 Å². The zero-order valence-corrected chi connectivity index (χ0v) is 15.1. The van der Waals surface area contributed by atoms with E-state index in [2.05, 4.69) is 9.51 Å². The number of benzene rings is 1. The van der Waals surface area contributed by atoms with E-state index < -0.39 is 44.7 Å². The van der Waals surface area contributed by atoms with Crippen LogP contribution in [0.1, 0.15) is 6.23 Å². The van der Waals surface area contributed by atoms with Gasteiger partial charge in [-0.1, -0.05) is 18.2 Å². The van der Waals surface area contributed by atoms with Gasteiger partial charge in [0, 0.05) is 23.0 Å². The van der Waals surface area contributed by atoms with Crippen molar-refractivity contribution in [3.63, 3.8) is 0 Å². The summed E-state index contributed by atoms with van der Waals surface area (Å²) in [6, 6.07) is 6.61. The lowest BCUT2D eigenvalue weighted by molar-refractivity contribution is -0.0482. The van der Waals surface area contributed by atoms with E-state index in [0.717, 1.165) is 4.57 Å². The molecule has 13 heteroatoms. The maximum Gasteiger partial charge on any atom is 0.469 e. The van der Waals surface area contributed by atoms with Crippen molar-refractivity contribution in [2.75, 3.05) is 18.1 Å². The molecule has 0 spiro atoms. The molecule has 1 aromatic carbocycles. The predicted octanol–water partition coefficient (Wildman–Crippen LogP) is -0.220. The molecule has 0 bridgehead atoms. The molecule has 1 aliphatic rings. The summed E-state index contributed by atoms with van der Waals surface area (Å²) in [5.41, 5.74) is 11.8. The van der Waals surface area contributed by atoms with Crippen LogP contribution in [0.2, 0.25) is 0 Å². The number of para-hydroxylation sites is 1. The molecule has 0 radical (unpaired) electrons. The summed E-state index contributed by atoms with van der Waals surface area (Å²) in [4.78, 5) is 33.4. The van der Waals surface area contributed by atoms with Crippen molar-refractivity contribution < 1.29 is 33.1 Å². The van der Waals surface area contributed by atoms with Crippen LogP contribution in [0.4, 0.5) is 15.9 Å². The molecule has 152 valence electrons. The van der Waals surface area contributed by atoms with Gasteiger partial charge in [0.15, 0.2) is 12.4 Å². The number of nitrogens with two attached hydrogens (primary N) is 2. The predicted molar refractivity (Wildman–Crippen MR) is 95.6 cm³/mol. The van der Waals surface area contributed by atoms with E-state index in [-0.39, 0.29) is 11.4 Å². The summed E-state index contributed by atoms with van der Waals surface area (Å²) >= 11 is 0. The van der Waals surface area contributed by atoms with Gasteiger partial charge in [-0.25, -0.2) is 13.8 Å². The van der Waals surface area contributed by atoms with Gasteiger partial charge in [0.05, 0.1) is 6.61 Å². The fourth-order valence-corrected chi connectivity index (χ4v) is 3.19. The first-order chi connectivity index (χ1) is 13.1. The minimum atomic E-state index is -4.85. The Balaban J connectivity index is 1.95. The van der Waals surface area contributed by atoms with Gasteiger partial charge in [0.2, 0.25) is 0 Å². The van der Waals surface area contributed by atoms with Crippen molar-refractivity contribution >= 4 is 19.3 Å². The van der Waals surface area contributed by atoms with E-state index in [1.165, 1.54) is 6.20 Å². The molecule has 0 saturated carbocycles. The second-order valence-electron chi connectivity index (χ2n) is 6.10. The Morgan fingerprint density at radius 2 is 1.96 bits per heavy atom. The Labute approximate surface area is 157 Å². The lowest BCUT2D eigenvalue weighted by atomic mass is 10.1. The van der Waals surface area contributed by atoms with Gasteiger partial charge in [0.25, 0.3) is 0 Å². The van der Waals surface area contributed by atoms with E-state index >= 15 is 0 Å². The standard InChI is InChI=1S/C15H18FN4O7P/c16-11-12(21)10(6-26-28(23,24)25)27-14(11)20-5-8(13(18)19-15(20)22)7-3-1-2-4-9(7)17/h1-5,10-12,14,21H,6,17H2,(H2,18,19,22)(H2,23,24,25)/t10-,11+,12-,14-/m1/s1. The Kier molecular flexibility index (Phi) is 5.53. The maximum absolute atomic E-state index is 14.6. The van der Waals surface area contributed by atoms with Crippen LogP contribution in [0.15, 0.2) is 35.3 Å². The number of aliphatic hydroxyl groups excluding tert-OH is 1. The highest BCUT2D eigenvalue weighted by Crippen LogP contribution is 2.39. The van der Waals surface area contributed by atoms with Gasteiger partial charge in [-0.2, -0.15) is 4.98 Å². The fraction of sp³-hybridized carbons (Fsp3) is 0.333. The van der Waals surface area contributed by atoms with E-state index in [1.807, 2.05) is 0 Å². The molecule has 7 N–H and O–H groups in total. The van der Waals surface area contributed by atoms with Crippen LogP contribution in [-0.2, 0) is 13.8 Å². The first kappa shape index (κ1) is 20.4. The number of aliphatic hydroxyl groups is 1. The number of phosphoric acid groups is 1. The average molecular weight is 416 g/mol. The van der Waals surface area contributed by atoms with Crippen LogP contribution in [0.5, 0.6) is 0 Å². The van der Waals surface area contributed by atoms with E-state index in [9.17, 15) is 18.9 Å². The lowest BCUT2D eigenvalue weighted by Gasteiger charge is -2.18. The number of nitrogens with zero attached hydrogens (tertiary/aromatic N) is 2. The highest BCUT2D eigenvalue weighted by molar-refractivity contribution is 7.46. The van der Waals surface area contributed by atoms with Crippen molar-refractivity contribution in [2.45, 2.75) is 24.6 Å². The maximum atomic E-state index is 14.6. The smallest absolute Gasteiger partial charge is 0.398 e. The third kappa shape index (κ3) is 4.07. The molecule has 2 heterocycles. The van der Waals surface area contributed by atoms with Gasteiger partial charge in [-0.15, -0.1) is 0 Å². The van der Waals surface area contributed by atoms with Crippen molar-refractivity contribution in [2.24, 2.45) is 0 Å². The summed E-state index contributed by atoms with van der Waals surface area (Å²) in [6.07, 6.45) is -5.69. The van der Waals surface area contributed by atoms with Crippen molar-refractivity contribution in [1.82, 2.24) is 9.55 Å². The summed E-state index contributed by atoms with van der Waals surface area (Å²) in [5.74, 6) is -0.130. The first-order valence-corrected chi connectivity index (χ1v) is 9.52. The monoisotopic (exact) mass is 416 g/mol. The summed E-state index contributed by atoms with van der Waals surface area (Å²) in [5, 5.41) is 9.95. The minimum absolute atomic E-state index is 0.130. The summed E-state index contributed by atoms with van der Waals surface area (Å²) in [6.45, 7) is -0.780. The molecule has 0 unspecified atom stereocenters. The number of ether oxygens (including phenoxy) is 1. The number of halogens is 1. The van der Waals surface area contributed by atoms with Crippen molar-refractivity contribution in [3.05, 3.63) is 40.9 Å². The largest absolute Gasteiger partial charge is 0.469 e. The average Bonchev–Trinajstić information content (AvgIpc) is 2.89. The van der Waals surface area contributed by atoms with Gasteiger partial charge in [0.1, 0.15) is 18.0 Å². The molecule has 1 saturated heterocycles. The normalized spacial score (nSPS) is 25.1. The number of rotatable bonds is 5. The Bertz CT molecular complexity index is 981. The molecule has 2 aromatic rings. The van der Waals surface area contributed by atoms with Crippen molar-refractivity contribution in [3.8, 4) is 11.1 Å². The van der Waals surface area contributed by atoms with Crippen LogP contribution >= 0.6 is 7.82 Å². The Morgan fingerprint density at radius 1 is 1.29 bits per heavy atom. The third-order valence-electron chi connectivity index (χ3n) is 4.21. The van der Waals surface area contributed by atoms with E-state index in [1.54, 1.807) is 24.3 Å². The van der Waals surface area contributed by atoms with Crippen LogP contribution in [0, 0.1) is 0 Å². The van der Waals surface area contributed by atoms with Crippen LogP contribution < -0.4 is 17.2 Å². The highest BCUT2D eigenvalue weighted by atomic mass is 31.2. The topological polar surface area (TPSA) is 183 Å². The van der Waals surface area contributed by atoms with Gasteiger partial charge in [-0.05, 0) is 6.07 Å². The molecule has 4 atom stereocenters. The minimum Gasteiger partial charge on any atom is -0.398 e. The van der Waals surface area contributed by atoms with Crippen molar-refractivity contribution in [1.29, 1.82) is 0 Å². The molecule has 28 heavy (non-hydrogen) atoms. The highest BCUT2D eigenvalue weighted by Gasteiger charge is 2.46. The molecule has 1 aromatic heterocycles. The summed E-state index contributed by atoms with van der Waals surface area (Å²) in [7, 11) is -4.85. The van der Waals surface area contributed by atoms with Crippen LogP contribution in [0.3, 0.4) is 0 Å². The van der Waals surface area contributed by atoms with Gasteiger partial charge >= 0.3 is 13.5 Å².